The van der Waals surface area contributed by atoms with Gasteiger partial charge in [0.1, 0.15) is 11.5 Å². The molecular formula is C24H21ClN2O2. The number of benzene rings is 3. The second-order valence-electron chi connectivity index (χ2n) is 7.13. The minimum atomic E-state index is -0.345. The molecule has 3 aromatic carbocycles. The first-order valence-corrected chi connectivity index (χ1v) is 10.2. The predicted octanol–water partition coefficient (Wildman–Crippen LogP) is 5.98. The summed E-state index contributed by atoms with van der Waals surface area (Å²) in [7, 11) is 0. The molecule has 0 aromatic heterocycles. The van der Waals surface area contributed by atoms with Crippen LogP contribution in [0.3, 0.4) is 0 Å². The SMILES string of the molecule is CCOc1ccccc1[C@H]1Oc2ccccc2[C@H]2CC(c3ccc(Cl)cc3)=NN21. The zero-order valence-corrected chi connectivity index (χ0v) is 16.8. The molecule has 0 bridgehead atoms. The Kier molecular flexibility index (Phi) is 4.64. The number of hydrogen-bond donors (Lipinski definition) is 0. The zero-order chi connectivity index (χ0) is 19.8. The van der Waals surface area contributed by atoms with Gasteiger partial charge in [-0.05, 0) is 42.8 Å². The summed E-state index contributed by atoms with van der Waals surface area (Å²) in [5, 5.41) is 7.79. The van der Waals surface area contributed by atoms with E-state index in [-0.39, 0.29) is 12.3 Å². The van der Waals surface area contributed by atoms with E-state index in [9.17, 15) is 0 Å². The van der Waals surface area contributed by atoms with Crippen LogP contribution >= 0.6 is 11.6 Å². The molecule has 2 atom stereocenters. The van der Waals surface area contributed by atoms with Gasteiger partial charge in [0.2, 0.25) is 6.23 Å². The quantitative estimate of drug-likeness (QED) is 0.536. The van der Waals surface area contributed by atoms with Gasteiger partial charge in [0.25, 0.3) is 0 Å². The van der Waals surface area contributed by atoms with Crippen LogP contribution in [-0.4, -0.2) is 17.3 Å². The summed E-state index contributed by atoms with van der Waals surface area (Å²) in [6.07, 6.45) is 0.470. The average Bonchev–Trinajstić information content (AvgIpc) is 3.20. The van der Waals surface area contributed by atoms with Gasteiger partial charge in [0.15, 0.2) is 0 Å². The Morgan fingerprint density at radius 1 is 1.00 bits per heavy atom. The van der Waals surface area contributed by atoms with Crippen LogP contribution in [0.1, 0.15) is 42.3 Å². The standard InChI is InChI=1S/C24H21ClN2O2/c1-2-28-22-9-5-4-8-19(22)24-27-21(18-7-3-6-10-23(18)29-24)15-20(26-27)16-11-13-17(25)14-12-16/h3-14,21,24H,2,15H2,1H3/t21-,24-/m1/s1. The van der Waals surface area contributed by atoms with E-state index in [1.807, 2.05) is 61.5 Å². The first-order valence-electron chi connectivity index (χ1n) is 9.83. The highest BCUT2D eigenvalue weighted by Gasteiger charge is 2.41. The highest BCUT2D eigenvalue weighted by Crippen LogP contribution is 2.48. The van der Waals surface area contributed by atoms with Crippen LogP contribution in [0.5, 0.6) is 11.5 Å². The van der Waals surface area contributed by atoms with Crippen LogP contribution in [0.2, 0.25) is 5.02 Å². The van der Waals surface area contributed by atoms with Gasteiger partial charge in [0, 0.05) is 17.0 Å². The van der Waals surface area contributed by atoms with Gasteiger partial charge in [-0.25, -0.2) is 5.01 Å². The van der Waals surface area contributed by atoms with Crippen LogP contribution in [0.15, 0.2) is 77.9 Å². The van der Waals surface area contributed by atoms with Crippen molar-refractivity contribution in [2.75, 3.05) is 6.61 Å². The Labute approximate surface area is 175 Å². The molecule has 2 heterocycles. The third kappa shape index (κ3) is 3.23. The van der Waals surface area contributed by atoms with Crippen LogP contribution in [0, 0.1) is 0 Å². The smallest absolute Gasteiger partial charge is 0.217 e. The van der Waals surface area contributed by atoms with Crippen molar-refractivity contribution >= 4 is 17.3 Å². The lowest BCUT2D eigenvalue weighted by molar-refractivity contribution is -0.0205. The molecule has 4 nitrogen and oxygen atoms in total. The van der Waals surface area contributed by atoms with Crippen LogP contribution in [-0.2, 0) is 0 Å². The fourth-order valence-corrected chi connectivity index (χ4v) is 4.15. The van der Waals surface area contributed by atoms with Gasteiger partial charge >= 0.3 is 0 Å². The maximum atomic E-state index is 6.44. The van der Waals surface area contributed by atoms with E-state index in [0.717, 1.165) is 45.3 Å². The van der Waals surface area contributed by atoms with Crippen molar-refractivity contribution in [2.45, 2.75) is 25.6 Å². The molecule has 0 saturated carbocycles. The highest BCUT2D eigenvalue weighted by molar-refractivity contribution is 6.30. The fraction of sp³-hybridized carbons (Fsp3) is 0.208. The number of rotatable bonds is 4. The van der Waals surface area contributed by atoms with Gasteiger partial charge in [0.05, 0.1) is 23.9 Å². The Morgan fingerprint density at radius 3 is 2.52 bits per heavy atom. The summed E-state index contributed by atoms with van der Waals surface area (Å²) in [6, 6.07) is 24.2. The molecule has 0 fully saturated rings. The van der Waals surface area contributed by atoms with Gasteiger partial charge in [-0.15, -0.1) is 0 Å². The minimum Gasteiger partial charge on any atom is -0.493 e. The van der Waals surface area contributed by atoms with Crippen molar-refractivity contribution in [3.8, 4) is 11.5 Å². The summed E-state index contributed by atoms with van der Waals surface area (Å²) in [5.41, 5.74) is 4.25. The highest BCUT2D eigenvalue weighted by atomic mass is 35.5. The van der Waals surface area contributed by atoms with Crippen molar-refractivity contribution < 1.29 is 9.47 Å². The number of ether oxygens (including phenoxy) is 2. The summed E-state index contributed by atoms with van der Waals surface area (Å²) >= 11 is 6.07. The minimum absolute atomic E-state index is 0.116. The summed E-state index contributed by atoms with van der Waals surface area (Å²) in [6.45, 7) is 2.59. The lowest BCUT2D eigenvalue weighted by atomic mass is 9.96. The molecular weight excluding hydrogens is 384 g/mol. The Bertz CT molecular complexity index is 1060. The Hall–Kier alpha value is -2.98. The number of fused-ring (bicyclic) bond motifs is 3. The lowest BCUT2D eigenvalue weighted by Gasteiger charge is -2.38. The molecule has 146 valence electrons. The lowest BCUT2D eigenvalue weighted by Crippen LogP contribution is -2.34. The maximum Gasteiger partial charge on any atom is 0.217 e. The zero-order valence-electron chi connectivity index (χ0n) is 16.1. The third-order valence-corrected chi connectivity index (χ3v) is 5.61. The third-order valence-electron chi connectivity index (χ3n) is 5.36. The summed E-state index contributed by atoms with van der Waals surface area (Å²) in [4.78, 5) is 0. The maximum absolute atomic E-state index is 6.44. The predicted molar refractivity (Wildman–Crippen MR) is 115 cm³/mol. The molecule has 0 N–H and O–H groups in total. The number of nitrogens with zero attached hydrogens (tertiary/aromatic N) is 2. The van der Waals surface area contributed by atoms with Crippen molar-refractivity contribution in [1.82, 2.24) is 5.01 Å². The number of halogens is 1. The normalized spacial score (nSPS) is 19.8. The number of hydrazone groups is 1. The molecule has 5 rings (SSSR count). The topological polar surface area (TPSA) is 34.1 Å². The Balaban J connectivity index is 1.60. The molecule has 0 radical (unpaired) electrons. The molecule has 5 heteroatoms. The van der Waals surface area contributed by atoms with Crippen LogP contribution in [0.25, 0.3) is 0 Å². The molecule has 2 aliphatic heterocycles. The molecule has 3 aromatic rings. The number of para-hydroxylation sites is 2. The van der Waals surface area contributed by atoms with Crippen molar-refractivity contribution in [3.63, 3.8) is 0 Å². The Morgan fingerprint density at radius 2 is 1.72 bits per heavy atom. The first-order chi connectivity index (χ1) is 14.2. The largest absolute Gasteiger partial charge is 0.493 e. The summed E-state index contributed by atoms with van der Waals surface area (Å²) < 4.78 is 12.3. The molecule has 0 spiro atoms. The average molecular weight is 405 g/mol. The fourth-order valence-electron chi connectivity index (χ4n) is 4.03. The second-order valence-corrected chi connectivity index (χ2v) is 7.57. The van der Waals surface area contributed by atoms with Gasteiger partial charge in [-0.3, -0.25) is 0 Å². The molecule has 2 aliphatic rings. The monoisotopic (exact) mass is 404 g/mol. The molecule has 0 amide bonds. The number of hydrogen-bond acceptors (Lipinski definition) is 4. The van der Waals surface area contributed by atoms with Crippen molar-refractivity contribution in [3.05, 3.63) is 94.5 Å². The van der Waals surface area contributed by atoms with E-state index in [0.29, 0.717) is 6.61 Å². The molecule has 29 heavy (non-hydrogen) atoms. The van der Waals surface area contributed by atoms with Crippen LogP contribution in [0.4, 0.5) is 0 Å². The van der Waals surface area contributed by atoms with E-state index in [1.54, 1.807) is 0 Å². The summed E-state index contributed by atoms with van der Waals surface area (Å²) in [5.74, 6) is 1.73. The van der Waals surface area contributed by atoms with Gasteiger partial charge in [-0.2, -0.15) is 5.10 Å². The molecule has 0 saturated heterocycles. The van der Waals surface area contributed by atoms with E-state index in [1.165, 1.54) is 0 Å². The van der Waals surface area contributed by atoms with Gasteiger partial charge < -0.3 is 9.47 Å². The van der Waals surface area contributed by atoms with Crippen LogP contribution < -0.4 is 9.47 Å². The van der Waals surface area contributed by atoms with E-state index in [4.69, 9.17) is 26.2 Å². The molecule has 0 aliphatic carbocycles. The van der Waals surface area contributed by atoms with E-state index in [2.05, 4.69) is 23.2 Å². The van der Waals surface area contributed by atoms with E-state index >= 15 is 0 Å². The van der Waals surface area contributed by atoms with Crippen molar-refractivity contribution in [1.29, 1.82) is 0 Å². The molecule has 0 unspecified atom stereocenters. The first kappa shape index (κ1) is 18.1. The van der Waals surface area contributed by atoms with Gasteiger partial charge in [-0.1, -0.05) is 54.1 Å². The second kappa shape index (κ2) is 7.45. The van der Waals surface area contributed by atoms with E-state index < -0.39 is 0 Å². The van der Waals surface area contributed by atoms with Crippen molar-refractivity contribution in [2.24, 2.45) is 5.10 Å².